The molecule has 0 saturated carbocycles. The quantitative estimate of drug-likeness (QED) is 0.464. The molecule has 1 atom stereocenters. The molecule has 1 rings (SSSR count). The van der Waals surface area contributed by atoms with Gasteiger partial charge in [-0.15, -0.1) is 0 Å². The second-order valence-electron chi connectivity index (χ2n) is 5.20. The minimum absolute atomic E-state index is 0.172. The predicted molar refractivity (Wildman–Crippen MR) is 87.5 cm³/mol. The molecule has 1 aromatic rings. The molecule has 7 heteroatoms. The molecule has 0 spiro atoms. The highest BCUT2D eigenvalue weighted by molar-refractivity contribution is 6.31. The second-order valence-corrected chi connectivity index (χ2v) is 5.60. The Morgan fingerprint density at radius 1 is 1.30 bits per heavy atom. The number of ketones is 1. The summed E-state index contributed by atoms with van der Waals surface area (Å²) in [6, 6.07) is 3.49. The summed E-state index contributed by atoms with van der Waals surface area (Å²) in [6.07, 6.45) is -0.172. The SMILES string of the molecule is COC(=O)[C@@](CCO)(C(C)=O)N(OC)c1c(C)ccc(Cl)c1C. The molecule has 0 bridgehead atoms. The van der Waals surface area contributed by atoms with E-state index in [1.807, 2.05) is 6.92 Å². The molecule has 0 saturated heterocycles. The Labute approximate surface area is 140 Å². The summed E-state index contributed by atoms with van der Waals surface area (Å²) in [5.41, 5.74) is 0.120. The number of hydrogen-bond donors (Lipinski definition) is 1. The van der Waals surface area contributed by atoms with E-state index < -0.39 is 23.9 Å². The van der Waals surface area contributed by atoms with Crippen molar-refractivity contribution in [3.63, 3.8) is 0 Å². The van der Waals surface area contributed by atoms with Crippen LogP contribution >= 0.6 is 11.6 Å². The minimum atomic E-state index is -1.79. The van der Waals surface area contributed by atoms with Crippen LogP contribution in [0.3, 0.4) is 0 Å². The van der Waals surface area contributed by atoms with Gasteiger partial charge in [0.2, 0.25) is 5.54 Å². The summed E-state index contributed by atoms with van der Waals surface area (Å²) in [4.78, 5) is 30.2. The average molecular weight is 344 g/mol. The number of ether oxygens (including phenoxy) is 1. The number of nitrogens with zero attached hydrogens (tertiary/aromatic N) is 1. The third-order valence-corrected chi connectivity index (χ3v) is 4.29. The van der Waals surface area contributed by atoms with Crippen LogP contribution in [0.5, 0.6) is 0 Å². The maximum Gasteiger partial charge on any atom is 0.342 e. The van der Waals surface area contributed by atoms with Gasteiger partial charge in [-0.25, -0.2) is 9.86 Å². The van der Waals surface area contributed by atoms with Crippen molar-refractivity contribution in [1.29, 1.82) is 0 Å². The number of carbonyl (C=O) groups is 2. The first-order chi connectivity index (χ1) is 10.8. The van der Waals surface area contributed by atoms with E-state index in [4.69, 9.17) is 21.2 Å². The first-order valence-electron chi connectivity index (χ1n) is 7.08. The topological polar surface area (TPSA) is 76.1 Å². The first-order valence-corrected chi connectivity index (χ1v) is 7.46. The van der Waals surface area contributed by atoms with Crippen LogP contribution in [0.15, 0.2) is 12.1 Å². The van der Waals surface area contributed by atoms with Gasteiger partial charge in [-0.1, -0.05) is 17.7 Å². The average Bonchev–Trinajstić information content (AvgIpc) is 2.52. The molecule has 128 valence electrons. The summed E-state index contributed by atoms with van der Waals surface area (Å²) < 4.78 is 4.82. The van der Waals surface area contributed by atoms with Gasteiger partial charge in [0.1, 0.15) is 0 Å². The molecular formula is C16H22ClNO5. The van der Waals surface area contributed by atoms with Gasteiger partial charge >= 0.3 is 5.97 Å². The summed E-state index contributed by atoms with van der Waals surface area (Å²) in [5, 5.41) is 11.1. The zero-order valence-electron chi connectivity index (χ0n) is 14.0. The van der Waals surface area contributed by atoms with E-state index in [-0.39, 0.29) is 6.42 Å². The maximum absolute atomic E-state index is 12.4. The van der Waals surface area contributed by atoms with Crippen molar-refractivity contribution in [2.45, 2.75) is 32.7 Å². The van der Waals surface area contributed by atoms with Crippen LogP contribution in [0.25, 0.3) is 0 Å². The standard InChI is InChI=1S/C16H22ClNO5/c1-10-6-7-13(17)11(2)14(10)18(23-5)16(8-9-19,12(3)20)15(21)22-4/h6-7,19H,8-9H2,1-5H3/t16-/m1/s1. The lowest BCUT2D eigenvalue weighted by molar-refractivity contribution is -0.155. The van der Waals surface area contributed by atoms with Gasteiger partial charge in [0.15, 0.2) is 5.78 Å². The Hall–Kier alpha value is -1.63. The number of aryl methyl sites for hydroxylation is 1. The number of methoxy groups -OCH3 is 1. The first kappa shape index (κ1) is 19.4. The Kier molecular flexibility index (Phi) is 6.56. The molecule has 1 N–H and O–H groups in total. The van der Waals surface area contributed by atoms with Gasteiger partial charge in [-0.3, -0.25) is 9.63 Å². The molecule has 0 aliphatic rings. The molecule has 23 heavy (non-hydrogen) atoms. The summed E-state index contributed by atoms with van der Waals surface area (Å²) in [6.45, 7) is 4.44. The van der Waals surface area contributed by atoms with E-state index in [0.717, 1.165) is 5.56 Å². The molecule has 0 aromatic heterocycles. The fraction of sp³-hybridized carbons (Fsp3) is 0.500. The van der Waals surface area contributed by atoms with Gasteiger partial charge in [-0.2, -0.15) is 0 Å². The van der Waals surface area contributed by atoms with Crippen LogP contribution in [0.1, 0.15) is 24.5 Å². The van der Waals surface area contributed by atoms with E-state index in [0.29, 0.717) is 16.3 Å². The van der Waals surface area contributed by atoms with Crippen molar-refractivity contribution < 1.29 is 24.3 Å². The van der Waals surface area contributed by atoms with Gasteiger partial charge in [0.05, 0.1) is 19.9 Å². The number of anilines is 1. The highest BCUT2D eigenvalue weighted by Crippen LogP contribution is 2.37. The number of benzene rings is 1. The number of halogens is 1. The molecule has 0 heterocycles. The zero-order valence-corrected chi connectivity index (χ0v) is 14.7. The Morgan fingerprint density at radius 2 is 1.91 bits per heavy atom. The van der Waals surface area contributed by atoms with Gasteiger partial charge in [-0.05, 0) is 38.0 Å². The lowest BCUT2D eigenvalue weighted by atomic mass is 9.89. The zero-order chi connectivity index (χ0) is 17.8. The molecule has 0 fully saturated rings. The van der Waals surface area contributed by atoms with E-state index in [9.17, 15) is 14.7 Å². The van der Waals surface area contributed by atoms with Crippen molar-refractivity contribution in [3.8, 4) is 0 Å². The smallest absolute Gasteiger partial charge is 0.342 e. The van der Waals surface area contributed by atoms with Gasteiger partial charge in [0, 0.05) is 18.1 Å². The molecule has 0 radical (unpaired) electrons. The fourth-order valence-corrected chi connectivity index (χ4v) is 2.79. The largest absolute Gasteiger partial charge is 0.467 e. The lowest BCUT2D eigenvalue weighted by Crippen LogP contribution is -2.61. The highest BCUT2D eigenvalue weighted by Gasteiger charge is 2.51. The fourth-order valence-electron chi connectivity index (χ4n) is 2.64. The number of Topliss-reactive ketones (excluding diaryl/α,β-unsaturated/α-hetero) is 1. The van der Waals surface area contributed by atoms with Crippen molar-refractivity contribution in [2.24, 2.45) is 0 Å². The van der Waals surface area contributed by atoms with Crippen molar-refractivity contribution >= 4 is 29.0 Å². The number of carbonyl (C=O) groups excluding carboxylic acids is 2. The Morgan fingerprint density at radius 3 is 2.35 bits per heavy atom. The molecular weight excluding hydrogens is 322 g/mol. The number of esters is 1. The third-order valence-electron chi connectivity index (χ3n) is 3.88. The molecule has 6 nitrogen and oxygen atoms in total. The maximum atomic E-state index is 12.4. The number of aliphatic hydroxyl groups excluding tert-OH is 1. The van der Waals surface area contributed by atoms with Crippen LogP contribution in [0.4, 0.5) is 5.69 Å². The van der Waals surface area contributed by atoms with Crippen LogP contribution in [-0.2, 0) is 19.2 Å². The number of hydroxylamine groups is 1. The molecule has 0 unspecified atom stereocenters. The molecule has 0 amide bonds. The number of rotatable bonds is 7. The Balaban J connectivity index is 3.70. The molecule has 0 aliphatic heterocycles. The summed E-state index contributed by atoms with van der Waals surface area (Å²) in [7, 11) is 2.53. The van der Waals surface area contributed by atoms with Gasteiger partial charge < -0.3 is 9.84 Å². The van der Waals surface area contributed by atoms with E-state index in [1.165, 1.54) is 26.2 Å². The second kappa shape index (κ2) is 7.77. The molecule has 1 aromatic carbocycles. The van der Waals surface area contributed by atoms with Crippen molar-refractivity contribution in [1.82, 2.24) is 0 Å². The summed E-state index contributed by atoms with van der Waals surface area (Å²) >= 11 is 6.17. The van der Waals surface area contributed by atoms with E-state index in [2.05, 4.69) is 0 Å². The number of aliphatic hydroxyl groups is 1. The normalized spacial score (nSPS) is 13.3. The van der Waals surface area contributed by atoms with E-state index in [1.54, 1.807) is 19.1 Å². The third kappa shape index (κ3) is 3.34. The van der Waals surface area contributed by atoms with Crippen LogP contribution < -0.4 is 5.06 Å². The van der Waals surface area contributed by atoms with Crippen LogP contribution in [0.2, 0.25) is 5.02 Å². The van der Waals surface area contributed by atoms with Gasteiger partial charge in [0.25, 0.3) is 0 Å². The summed E-state index contributed by atoms with van der Waals surface area (Å²) in [5.74, 6) is -1.31. The van der Waals surface area contributed by atoms with Crippen molar-refractivity contribution in [2.75, 3.05) is 25.9 Å². The van der Waals surface area contributed by atoms with Crippen LogP contribution in [0, 0.1) is 13.8 Å². The highest BCUT2D eigenvalue weighted by atomic mass is 35.5. The number of hydrogen-bond acceptors (Lipinski definition) is 6. The van der Waals surface area contributed by atoms with Crippen molar-refractivity contribution in [3.05, 3.63) is 28.3 Å². The van der Waals surface area contributed by atoms with Crippen LogP contribution in [-0.4, -0.2) is 43.2 Å². The molecule has 0 aliphatic carbocycles. The van der Waals surface area contributed by atoms with E-state index >= 15 is 0 Å². The Bertz CT molecular complexity index is 604. The monoisotopic (exact) mass is 343 g/mol. The minimum Gasteiger partial charge on any atom is -0.467 e. The lowest BCUT2D eigenvalue weighted by Gasteiger charge is -2.40. The predicted octanol–water partition coefficient (Wildman–Crippen LogP) is 2.21.